The summed E-state index contributed by atoms with van der Waals surface area (Å²) < 4.78 is 10.6. The Morgan fingerprint density at radius 1 is 1.40 bits per heavy atom. The van der Waals surface area contributed by atoms with Crippen LogP contribution in [0.3, 0.4) is 0 Å². The van der Waals surface area contributed by atoms with Gasteiger partial charge in [-0.15, -0.1) is 0 Å². The minimum atomic E-state index is -0.277. The van der Waals surface area contributed by atoms with Crippen molar-refractivity contribution in [1.82, 2.24) is 5.32 Å². The van der Waals surface area contributed by atoms with Crippen molar-refractivity contribution in [2.45, 2.75) is 38.4 Å². The number of hydrogen-bond acceptors (Lipinski definition) is 4. The molecule has 15 heavy (non-hydrogen) atoms. The molecule has 0 aromatic heterocycles. The van der Waals surface area contributed by atoms with E-state index in [-0.39, 0.29) is 12.3 Å². The molecule has 0 radical (unpaired) electrons. The number of nitrogens with one attached hydrogen (secondary N) is 1. The second-order valence-corrected chi connectivity index (χ2v) is 4.35. The predicted octanol–water partition coefficient (Wildman–Crippen LogP) is 1.06. The molecule has 2 fully saturated rings. The molecule has 0 aliphatic carbocycles. The molecule has 2 rings (SSSR count). The molecular weight excluding hydrogens is 194 g/mol. The van der Waals surface area contributed by atoms with Crippen molar-refractivity contribution in [1.29, 1.82) is 0 Å². The van der Waals surface area contributed by atoms with Gasteiger partial charge < -0.3 is 14.8 Å². The highest BCUT2D eigenvalue weighted by Crippen LogP contribution is 2.17. The van der Waals surface area contributed by atoms with Gasteiger partial charge in [0.15, 0.2) is 0 Å². The summed E-state index contributed by atoms with van der Waals surface area (Å²) in [6.45, 7) is 2.70. The molecule has 4 nitrogen and oxygen atoms in total. The van der Waals surface area contributed by atoms with E-state index >= 15 is 0 Å². The molecule has 86 valence electrons. The van der Waals surface area contributed by atoms with Crippen LogP contribution in [0.15, 0.2) is 0 Å². The van der Waals surface area contributed by atoms with E-state index in [4.69, 9.17) is 9.47 Å². The van der Waals surface area contributed by atoms with E-state index in [0.29, 0.717) is 12.3 Å². The van der Waals surface area contributed by atoms with Crippen LogP contribution in [-0.4, -0.2) is 32.0 Å². The highest BCUT2D eigenvalue weighted by Gasteiger charge is 2.22. The number of hydrogen-bond donors (Lipinski definition) is 1. The van der Waals surface area contributed by atoms with Gasteiger partial charge in [-0.1, -0.05) is 0 Å². The molecule has 4 heteroatoms. The maximum atomic E-state index is 11.5. The van der Waals surface area contributed by atoms with E-state index in [0.717, 1.165) is 45.4 Å². The largest absolute Gasteiger partial charge is 0.436 e. The van der Waals surface area contributed by atoms with Gasteiger partial charge in [-0.2, -0.15) is 0 Å². The van der Waals surface area contributed by atoms with Crippen LogP contribution >= 0.6 is 0 Å². The standard InChI is InChI=1S/C11H19NO3/c13-10(7-9-4-5-12-8-9)15-11-3-1-2-6-14-11/h9,11-12H,1-8H2. The fourth-order valence-electron chi connectivity index (χ4n) is 2.12. The normalized spacial score (nSPS) is 31.5. The van der Waals surface area contributed by atoms with Crippen molar-refractivity contribution in [2.75, 3.05) is 19.7 Å². The molecule has 2 aliphatic heterocycles. The van der Waals surface area contributed by atoms with Gasteiger partial charge in [0.25, 0.3) is 0 Å². The lowest BCUT2D eigenvalue weighted by Gasteiger charge is -2.22. The van der Waals surface area contributed by atoms with Gasteiger partial charge >= 0.3 is 5.97 Å². The molecule has 0 bridgehead atoms. The molecule has 1 N–H and O–H groups in total. The van der Waals surface area contributed by atoms with Gasteiger partial charge in [-0.05, 0) is 38.3 Å². The number of carbonyl (C=O) groups is 1. The Bertz CT molecular complexity index is 208. The zero-order valence-corrected chi connectivity index (χ0v) is 9.04. The molecule has 0 spiro atoms. The van der Waals surface area contributed by atoms with Crippen molar-refractivity contribution < 1.29 is 14.3 Å². The summed E-state index contributed by atoms with van der Waals surface area (Å²) >= 11 is 0. The van der Waals surface area contributed by atoms with Crippen molar-refractivity contribution >= 4 is 5.97 Å². The summed E-state index contributed by atoms with van der Waals surface area (Å²) in [5.41, 5.74) is 0. The van der Waals surface area contributed by atoms with E-state index in [1.807, 2.05) is 0 Å². The van der Waals surface area contributed by atoms with Crippen LogP contribution in [0.2, 0.25) is 0 Å². The molecule has 0 aromatic rings. The first kappa shape index (κ1) is 10.9. The Kier molecular flexibility index (Phi) is 3.97. The molecule has 0 saturated carbocycles. The van der Waals surface area contributed by atoms with Crippen molar-refractivity contribution in [3.8, 4) is 0 Å². The average molecular weight is 213 g/mol. The average Bonchev–Trinajstić information content (AvgIpc) is 2.71. The Morgan fingerprint density at radius 3 is 3.00 bits per heavy atom. The summed E-state index contributed by atoms with van der Waals surface area (Å²) in [6.07, 6.45) is 4.38. The monoisotopic (exact) mass is 213 g/mol. The van der Waals surface area contributed by atoms with Crippen molar-refractivity contribution in [2.24, 2.45) is 5.92 Å². The van der Waals surface area contributed by atoms with E-state index < -0.39 is 0 Å². The zero-order chi connectivity index (χ0) is 10.5. The fraction of sp³-hybridized carbons (Fsp3) is 0.909. The van der Waals surface area contributed by atoms with Crippen LogP contribution < -0.4 is 5.32 Å². The third-order valence-electron chi connectivity index (χ3n) is 3.02. The summed E-state index contributed by atoms with van der Waals surface area (Å²) in [4.78, 5) is 11.5. The summed E-state index contributed by atoms with van der Waals surface area (Å²) in [6, 6.07) is 0. The van der Waals surface area contributed by atoms with E-state index in [1.165, 1.54) is 0 Å². The second-order valence-electron chi connectivity index (χ2n) is 4.35. The van der Waals surface area contributed by atoms with Gasteiger partial charge in [-0.3, -0.25) is 4.79 Å². The zero-order valence-electron chi connectivity index (χ0n) is 9.04. The SMILES string of the molecule is O=C(CC1CCNC1)OC1CCCCO1. The molecule has 2 heterocycles. The number of esters is 1. The third-order valence-corrected chi connectivity index (χ3v) is 3.02. The molecule has 2 atom stereocenters. The summed E-state index contributed by atoms with van der Waals surface area (Å²) in [5, 5.41) is 3.24. The topological polar surface area (TPSA) is 47.6 Å². The smallest absolute Gasteiger partial charge is 0.308 e. The van der Waals surface area contributed by atoms with Gasteiger partial charge in [0.1, 0.15) is 0 Å². The first-order valence-corrected chi connectivity index (χ1v) is 5.86. The van der Waals surface area contributed by atoms with Gasteiger partial charge in [0.2, 0.25) is 6.29 Å². The molecule has 2 saturated heterocycles. The Morgan fingerprint density at radius 2 is 2.33 bits per heavy atom. The Balaban J connectivity index is 1.66. The van der Waals surface area contributed by atoms with E-state index in [2.05, 4.69) is 5.32 Å². The first-order valence-electron chi connectivity index (χ1n) is 5.86. The van der Waals surface area contributed by atoms with E-state index in [9.17, 15) is 4.79 Å². The quantitative estimate of drug-likeness (QED) is 0.712. The fourth-order valence-corrected chi connectivity index (χ4v) is 2.12. The lowest BCUT2D eigenvalue weighted by Crippen LogP contribution is -2.26. The van der Waals surface area contributed by atoms with Crippen LogP contribution in [0.5, 0.6) is 0 Å². The van der Waals surface area contributed by atoms with Crippen molar-refractivity contribution in [3.63, 3.8) is 0 Å². The minimum absolute atomic E-state index is 0.101. The van der Waals surface area contributed by atoms with Crippen LogP contribution in [0.4, 0.5) is 0 Å². The maximum absolute atomic E-state index is 11.5. The highest BCUT2D eigenvalue weighted by atomic mass is 16.7. The number of rotatable bonds is 3. The minimum Gasteiger partial charge on any atom is -0.436 e. The maximum Gasteiger partial charge on any atom is 0.308 e. The molecule has 0 aromatic carbocycles. The van der Waals surface area contributed by atoms with E-state index in [1.54, 1.807) is 0 Å². The Labute approximate surface area is 90.3 Å². The predicted molar refractivity (Wildman–Crippen MR) is 55.3 cm³/mol. The van der Waals surface area contributed by atoms with Crippen LogP contribution in [0.1, 0.15) is 32.1 Å². The van der Waals surface area contributed by atoms with Gasteiger partial charge in [-0.25, -0.2) is 0 Å². The Hall–Kier alpha value is -0.610. The van der Waals surface area contributed by atoms with Gasteiger partial charge in [0.05, 0.1) is 6.61 Å². The second kappa shape index (κ2) is 5.47. The van der Waals surface area contributed by atoms with Crippen LogP contribution in [0.25, 0.3) is 0 Å². The molecule has 2 unspecified atom stereocenters. The van der Waals surface area contributed by atoms with Crippen molar-refractivity contribution in [3.05, 3.63) is 0 Å². The van der Waals surface area contributed by atoms with Crippen LogP contribution in [0, 0.1) is 5.92 Å². The number of ether oxygens (including phenoxy) is 2. The molecule has 2 aliphatic rings. The molecular formula is C11H19NO3. The van der Waals surface area contributed by atoms with Crippen LogP contribution in [-0.2, 0) is 14.3 Å². The molecule has 0 amide bonds. The lowest BCUT2D eigenvalue weighted by molar-refractivity contribution is -0.187. The summed E-state index contributed by atoms with van der Waals surface area (Å²) in [5.74, 6) is 0.358. The lowest BCUT2D eigenvalue weighted by atomic mass is 10.1. The first-order chi connectivity index (χ1) is 7.34. The summed E-state index contributed by atoms with van der Waals surface area (Å²) in [7, 11) is 0. The van der Waals surface area contributed by atoms with Gasteiger partial charge in [0, 0.05) is 12.8 Å². The highest BCUT2D eigenvalue weighted by molar-refractivity contribution is 5.69. The number of carbonyl (C=O) groups excluding carboxylic acids is 1. The third kappa shape index (κ3) is 3.47.